The molecule has 1 amide bonds. The van der Waals surface area contributed by atoms with Gasteiger partial charge in [0.05, 0.1) is 12.4 Å². The lowest BCUT2D eigenvalue weighted by molar-refractivity contribution is 0.102. The minimum absolute atomic E-state index is 0.0306. The van der Waals surface area contributed by atoms with Gasteiger partial charge in [0, 0.05) is 22.5 Å². The lowest BCUT2D eigenvalue weighted by Crippen LogP contribution is -2.14. The molecule has 0 radical (unpaired) electrons. The van der Waals surface area contributed by atoms with Crippen LogP contribution in [0.2, 0.25) is 5.02 Å². The van der Waals surface area contributed by atoms with Crippen molar-refractivity contribution in [2.45, 2.75) is 6.92 Å². The fourth-order valence-corrected chi connectivity index (χ4v) is 2.32. The SMILES string of the molecule is Cc1ccc(Cl)cc1Nc1cnc(C(=O)Nc2ccc(F)c(F)c2)cn1. The maximum Gasteiger partial charge on any atom is 0.275 e. The van der Waals surface area contributed by atoms with Gasteiger partial charge in [0.1, 0.15) is 11.5 Å². The summed E-state index contributed by atoms with van der Waals surface area (Å²) in [5.74, 6) is -2.20. The standard InChI is InChI=1S/C18H13ClF2N4O/c1-10-2-3-11(19)6-15(10)25-17-9-22-16(8-23-17)18(26)24-12-4-5-13(20)14(21)7-12/h2-9H,1H3,(H,23,25)(H,24,26). The molecule has 0 unspecified atom stereocenters. The molecule has 1 aromatic heterocycles. The number of anilines is 3. The molecule has 2 aromatic carbocycles. The number of rotatable bonds is 4. The van der Waals surface area contributed by atoms with E-state index in [1.165, 1.54) is 18.5 Å². The fourth-order valence-electron chi connectivity index (χ4n) is 2.15. The van der Waals surface area contributed by atoms with Crippen molar-refractivity contribution in [3.8, 4) is 0 Å². The van der Waals surface area contributed by atoms with Crippen LogP contribution in [0.4, 0.5) is 26.0 Å². The van der Waals surface area contributed by atoms with Gasteiger partial charge in [-0.25, -0.2) is 18.7 Å². The molecule has 3 aromatic rings. The summed E-state index contributed by atoms with van der Waals surface area (Å²) < 4.78 is 26.1. The van der Waals surface area contributed by atoms with E-state index in [4.69, 9.17) is 11.6 Å². The first-order valence-corrected chi connectivity index (χ1v) is 7.92. The number of nitrogens with one attached hydrogen (secondary N) is 2. The van der Waals surface area contributed by atoms with Crippen molar-refractivity contribution < 1.29 is 13.6 Å². The van der Waals surface area contributed by atoms with Crippen LogP contribution in [0.3, 0.4) is 0 Å². The van der Waals surface area contributed by atoms with Gasteiger partial charge in [0.25, 0.3) is 5.91 Å². The van der Waals surface area contributed by atoms with E-state index in [0.29, 0.717) is 10.8 Å². The van der Waals surface area contributed by atoms with E-state index in [1.807, 2.05) is 13.0 Å². The van der Waals surface area contributed by atoms with Crippen LogP contribution in [0.15, 0.2) is 48.8 Å². The van der Waals surface area contributed by atoms with Crippen LogP contribution in [0.5, 0.6) is 0 Å². The second kappa shape index (κ2) is 7.45. The van der Waals surface area contributed by atoms with Gasteiger partial charge in [-0.15, -0.1) is 0 Å². The van der Waals surface area contributed by atoms with Gasteiger partial charge < -0.3 is 10.6 Å². The Hall–Kier alpha value is -3.06. The first-order valence-electron chi connectivity index (χ1n) is 7.54. The average molecular weight is 375 g/mol. The van der Waals surface area contributed by atoms with E-state index in [2.05, 4.69) is 20.6 Å². The Kier molecular flexibility index (Phi) is 5.09. The predicted molar refractivity (Wildman–Crippen MR) is 95.8 cm³/mol. The zero-order valence-corrected chi connectivity index (χ0v) is 14.3. The lowest BCUT2D eigenvalue weighted by Gasteiger charge is -2.09. The maximum absolute atomic E-state index is 13.2. The molecule has 8 heteroatoms. The zero-order valence-electron chi connectivity index (χ0n) is 13.6. The minimum Gasteiger partial charge on any atom is -0.339 e. The lowest BCUT2D eigenvalue weighted by atomic mass is 10.2. The number of aromatic nitrogens is 2. The Labute approximate surface area is 153 Å². The van der Waals surface area contributed by atoms with E-state index in [9.17, 15) is 13.6 Å². The van der Waals surface area contributed by atoms with Crippen LogP contribution in [0, 0.1) is 18.6 Å². The van der Waals surface area contributed by atoms with Crippen LogP contribution in [0.1, 0.15) is 16.1 Å². The van der Waals surface area contributed by atoms with Gasteiger partial charge in [-0.3, -0.25) is 4.79 Å². The molecule has 0 saturated carbocycles. The van der Waals surface area contributed by atoms with Crippen molar-refractivity contribution in [2.75, 3.05) is 10.6 Å². The van der Waals surface area contributed by atoms with Gasteiger partial charge >= 0.3 is 0 Å². The van der Waals surface area contributed by atoms with E-state index >= 15 is 0 Å². The van der Waals surface area contributed by atoms with Gasteiger partial charge in [-0.2, -0.15) is 0 Å². The molecule has 0 bridgehead atoms. The molecule has 2 N–H and O–H groups in total. The van der Waals surface area contributed by atoms with Crippen LogP contribution >= 0.6 is 11.6 Å². The van der Waals surface area contributed by atoms with Gasteiger partial charge in [0.2, 0.25) is 0 Å². The largest absolute Gasteiger partial charge is 0.339 e. The summed E-state index contributed by atoms with van der Waals surface area (Å²) in [7, 11) is 0. The minimum atomic E-state index is -1.05. The molecule has 5 nitrogen and oxygen atoms in total. The molecule has 0 atom stereocenters. The number of nitrogens with zero attached hydrogens (tertiary/aromatic N) is 2. The molecule has 0 aliphatic heterocycles. The van der Waals surface area contributed by atoms with Crippen molar-refractivity contribution in [1.29, 1.82) is 0 Å². The highest BCUT2D eigenvalue weighted by atomic mass is 35.5. The second-order valence-corrected chi connectivity index (χ2v) is 5.89. The number of hydrogen-bond donors (Lipinski definition) is 2. The summed E-state index contributed by atoms with van der Waals surface area (Å²) in [5, 5.41) is 6.06. The normalized spacial score (nSPS) is 10.5. The highest BCUT2D eigenvalue weighted by molar-refractivity contribution is 6.30. The van der Waals surface area contributed by atoms with Gasteiger partial charge in [-0.1, -0.05) is 17.7 Å². The second-order valence-electron chi connectivity index (χ2n) is 5.45. The molecular weight excluding hydrogens is 362 g/mol. The molecular formula is C18H13ClF2N4O. The van der Waals surface area contributed by atoms with E-state index < -0.39 is 17.5 Å². The number of benzene rings is 2. The first-order chi connectivity index (χ1) is 12.4. The average Bonchev–Trinajstić information content (AvgIpc) is 2.62. The molecule has 0 spiro atoms. The number of carbonyl (C=O) groups is 1. The zero-order chi connectivity index (χ0) is 18.7. The van der Waals surface area contributed by atoms with Gasteiger partial charge in [0.15, 0.2) is 11.6 Å². The van der Waals surface area contributed by atoms with Crippen molar-refractivity contribution in [3.05, 3.63) is 76.7 Å². The third-order valence-corrected chi connectivity index (χ3v) is 3.76. The van der Waals surface area contributed by atoms with Crippen molar-refractivity contribution in [3.63, 3.8) is 0 Å². The number of amides is 1. The van der Waals surface area contributed by atoms with Crippen molar-refractivity contribution >= 4 is 34.7 Å². The number of halogens is 3. The van der Waals surface area contributed by atoms with Gasteiger partial charge in [-0.05, 0) is 36.8 Å². The molecule has 3 rings (SSSR count). The quantitative estimate of drug-likeness (QED) is 0.694. The van der Waals surface area contributed by atoms with Crippen molar-refractivity contribution in [1.82, 2.24) is 9.97 Å². The topological polar surface area (TPSA) is 66.9 Å². The fraction of sp³-hybridized carbons (Fsp3) is 0.0556. The molecule has 0 aliphatic rings. The molecule has 26 heavy (non-hydrogen) atoms. The summed E-state index contributed by atoms with van der Waals surface area (Å²) >= 11 is 5.97. The van der Waals surface area contributed by atoms with Crippen molar-refractivity contribution in [2.24, 2.45) is 0 Å². The Bertz CT molecular complexity index is 964. The Balaban J connectivity index is 1.71. The Morgan fingerprint density at radius 1 is 1.04 bits per heavy atom. The third kappa shape index (κ3) is 4.12. The summed E-state index contributed by atoms with van der Waals surface area (Å²) in [6.45, 7) is 1.91. The number of hydrogen-bond acceptors (Lipinski definition) is 4. The molecule has 0 saturated heterocycles. The first kappa shape index (κ1) is 17.8. The summed E-state index contributed by atoms with van der Waals surface area (Å²) in [4.78, 5) is 20.3. The van der Waals surface area contributed by atoms with E-state index in [-0.39, 0.29) is 11.4 Å². The van der Waals surface area contributed by atoms with Crippen LogP contribution < -0.4 is 10.6 Å². The highest BCUT2D eigenvalue weighted by Crippen LogP contribution is 2.23. The van der Waals surface area contributed by atoms with E-state index in [1.54, 1.807) is 12.1 Å². The third-order valence-electron chi connectivity index (χ3n) is 3.52. The monoisotopic (exact) mass is 374 g/mol. The highest BCUT2D eigenvalue weighted by Gasteiger charge is 2.11. The maximum atomic E-state index is 13.2. The molecule has 1 heterocycles. The molecule has 132 valence electrons. The van der Waals surface area contributed by atoms with Crippen LogP contribution in [-0.2, 0) is 0 Å². The molecule has 0 fully saturated rings. The number of carbonyl (C=O) groups excluding carboxylic acids is 1. The Morgan fingerprint density at radius 3 is 2.54 bits per heavy atom. The Morgan fingerprint density at radius 2 is 1.85 bits per heavy atom. The van der Waals surface area contributed by atoms with Crippen LogP contribution in [0.25, 0.3) is 0 Å². The van der Waals surface area contributed by atoms with Crippen LogP contribution in [-0.4, -0.2) is 15.9 Å². The predicted octanol–water partition coefficient (Wildman–Crippen LogP) is 4.71. The summed E-state index contributed by atoms with van der Waals surface area (Å²) in [6.07, 6.45) is 2.66. The molecule has 0 aliphatic carbocycles. The van der Waals surface area contributed by atoms with E-state index in [0.717, 1.165) is 23.4 Å². The number of aryl methyl sites for hydroxylation is 1. The smallest absolute Gasteiger partial charge is 0.275 e. The summed E-state index contributed by atoms with van der Waals surface area (Å²) in [6, 6.07) is 8.46. The summed E-state index contributed by atoms with van der Waals surface area (Å²) in [5.41, 5.74) is 1.89.